The molecular weight excluding hydrogens is 290 g/mol. The highest BCUT2D eigenvalue weighted by molar-refractivity contribution is 5.99. The molecule has 1 saturated heterocycles. The zero-order chi connectivity index (χ0) is 16.2. The molecule has 1 aliphatic carbocycles. The lowest BCUT2D eigenvalue weighted by Gasteiger charge is -2.35. The Labute approximate surface area is 138 Å². The van der Waals surface area contributed by atoms with Gasteiger partial charge in [-0.15, -0.1) is 0 Å². The van der Waals surface area contributed by atoms with E-state index in [0.29, 0.717) is 30.6 Å². The molecule has 1 N–H and O–H groups in total. The van der Waals surface area contributed by atoms with Gasteiger partial charge in [0, 0.05) is 25.3 Å². The van der Waals surface area contributed by atoms with E-state index in [9.17, 15) is 4.79 Å². The summed E-state index contributed by atoms with van der Waals surface area (Å²) in [6.07, 6.45) is 5.29. The van der Waals surface area contributed by atoms with Gasteiger partial charge >= 0.3 is 0 Å². The van der Waals surface area contributed by atoms with Crippen LogP contribution in [0.4, 0.5) is 5.82 Å². The zero-order valence-electron chi connectivity index (χ0n) is 14.1. The SMILES string of the molecule is C[C@@H]1[C@H](C)CCC[C@@H]1NC(=O)c1cccnc1N1CCOCC1. The number of aromatic nitrogens is 1. The Morgan fingerprint density at radius 3 is 2.87 bits per heavy atom. The van der Waals surface area contributed by atoms with Crippen LogP contribution in [0.25, 0.3) is 0 Å². The van der Waals surface area contributed by atoms with Crippen molar-refractivity contribution in [3.63, 3.8) is 0 Å². The van der Waals surface area contributed by atoms with Crippen LogP contribution >= 0.6 is 0 Å². The third-order valence-electron chi connectivity index (χ3n) is 5.37. The molecule has 5 heteroatoms. The topological polar surface area (TPSA) is 54.5 Å². The number of nitrogens with zero attached hydrogens (tertiary/aromatic N) is 2. The normalized spacial score (nSPS) is 28.4. The third-order valence-corrected chi connectivity index (χ3v) is 5.37. The van der Waals surface area contributed by atoms with Crippen molar-refractivity contribution in [3.8, 4) is 0 Å². The minimum Gasteiger partial charge on any atom is -0.378 e. The Balaban J connectivity index is 1.74. The van der Waals surface area contributed by atoms with Crippen molar-refractivity contribution in [2.75, 3.05) is 31.2 Å². The van der Waals surface area contributed by atoms with E-state index in [4.69, 9.17) is 4.74 Å². The van der Waals surface area contributed by atoms with Gasteiger partial charge in [0.1, 0.15) is 5.82 Å². The van der Waals surface area contributed by atoms with E-state index in [1.807, 2.05) is 12.1 Å². The van der Waals surface area contributed by atoms with Crippen molar-refractivity contribution >= 4 is 11.7 Å². The quantitative estimate of drug-likeness (QED) is 0.930. The maximum Gasteiger partial charge on any atom is 0.255 e. The highest BCUT2D eigenvalue weighted by Gasteiger charge is 2.29. The van der Waals surface area contributed by atoms with Crippen molar-refractivity contribution in [1.82, 2.24) is 10.3 Å². The highest BCUT2D eigenvalue weighted by atomic mass is 16.5. The summed E-state index contributed by atoms with van der Waals surface area (Å²) in [5, 5.41) is 3.26. The molecule has 0 aromatic carbocycles. The molecule has 2 fully saturated rings. The van der Waals surface area contributed by atoms with Crippen LogP contribution in [0, 0.1) is 11.8 Å². The van der Waals surface area contributed by atoms with Crippen LogP contribution < -0.4 is 10.2 Å². The number of carbonyl (C=O) groups excluding carboxylic acids is 1. The number of hydrogen-bond donors (Lipinski definition) is 1. The smallest absolute Gasteiger partial charge is 0.255 e. The van der Waals surface area contributed by atoms with Crippen LogP contribution in [0.1, 0.15) is 43.5 Å². The van der Waals surface area contributed by atoms with Crippen molar-refractivity contribution < 1.29 is 9.53 Å². The van der Waals surface area contributed by atoms with E-state index in [1.165, 1.54) is 12.8 Å². The third kappa shape index (κ3) is 3.66. The van der Waals surface area contributed by atoms with Gasteiger partial charge in [-0.2, -0.15) is 0 Å². The van der Waals surface area contributed by atoms with E-state index in [-0.39, 0.29) is 11.9 Å². The molecule has 1 aromatic heterocycles. The van der Waals surface area contributed by atoms with Gasteiger partial charge in [-0.05, 0) is 30.4 Å². The minimum atomic E-state index is 0.00513. The van der Waals surface area contributed by atoms with Gasteiger partial charge in [0.15, 0.2) is 0 Å². The number of rotatable bonds is 3. The fraction of sp³-hybridized carbons (Fsp3) is 0.667. The van der Waals surface area contributed by atoms with E-state index in [0.717, 1.165) is 25.3 Å². The predicted molar refractivity (Wildman–Crippen MR) is 90.7 cm³/mol. The maximum atomic E-state index is 12.8. The summed E-state index contributed by atoms with van der Waals surface area (Å²) < 4.78 is 5.40. The second-order valence-electron chi connectivity index (χ2n) is 6.82. The van der Waals surface area contributed by atoms with Gasteiger partial charge < -0.3 is 15.0 Å². The number of carbonyl (C=O) groups is 1. The second kappa shape index (κ2) is 7.30. The molecule has 0 radical (unpaired) electrons. The Kier molecular flexibility index (Phi) is 5.16. The zero-order valence-corrected chi connectivity index (χ0v) is 14.1. The first kappa shape index (κ1) is 16.2. The van der Waals surface area contributed by atoms with Gasteiger partial charge in [-0.1, -0.05) is 26.7 Å². The second-order valence-corrected chi connectivity index (χ2v) is 6.82. The van der Waals surface area contributed by atoms with Crippen LogP contribution in [-0.2, 0) is 4.74 Å². The molecule has 2 heterocycles. The summed E-state index contributed by atoms with van der Waals surface area (Å²) >= 11 is 0. The van der Waals surface area contributed by atoms with E-state index in [2.05, 4.69) is 29.0 Å². The monoisotopic (exact) mass is 317 g/mol. The number of anilines is 1. The molecule has 1 saturated carbocycles. The summed E-state index contributed by atoms with van der Waals surface area (Å²) in [4.78, 5) is 19.4. The number of morpholine rings is 1. The first-order chi connectivity index (χ1) is 11.2. The Bertz CT molecular complexity index is 543. The average molecular weight is 317 g/mol. The van der Waals surface area contributed by atoms with E-state index < -0.39 is 0 Å². The van der Waals surface area contributed by atoms with Crippen molar-refractivity contribution in [1.29, 1.82) is 0 Å². The molecular formula is C18H27N3O2. The Hall–Kier alpha value is -1.62. The summed E-state index contributed by atoms with van der Waals surface area (Å²) in [5.74, 6) is 1.98. The van der Waals surface area contributed by atoms with E-state index >= 15 is 0 Å². The number of nitrogens with one attached hydrogen (secondary N) is 1. The highest BCUT2D eigenvalue weighted by Crippen LogP contribution is 2.30. The molecule has 23 heavy (non-hydrogen) atoms. The number of ether oxygens (including phenoxy) is 1. The first-order valence-electron chi connectivity index (χ1n) is 8.75. The fourth-order valence-electron chi connectivity index (χ4n) is 3.63. The molecule has 1 aliphatic heterocycles. The summed E-state index contributed by atoms with van der Waals surface area (Å²) in [7, 11) is 0. The molecule has 1 aromatic rings. The number of amides is 1. The lowest BCUT2D eigenvalue weighted by atomic mass is 9.78. The largest absolute Gasteiger partial charge is 0.378 e. The van der Waals surface area contributed by atoms with Crippen LogP contribution in [-0.4, -0.2) is 43.2 Å². The van der Waals surface area contributed by atoms with Gasteiger partial charge in [-0.3, -0.25) is 4.79 Å². The maximum absolute atomic E-state index is 12.8. The van der Waals surface area contributed by atoms with Crippen LogP contribution in [0.3, 0.4) is 0 Å². The van der Waals surface area contributed by atoms with Gasteiger partial charge in [0.25, 0.3) is 5.91 Å². The predicted octanol–water partition coefficient (Wildman–Crippen LogP) is 2.47. The molecule has 2 aliphatic rings. The summed E-state index contributed by atoms with van der Waals surface area (Å²) in [6, 6.07) is 3.99. The number of pyridine rings is 1. The van der Waals surface area contributed by atoms with Crippen molar-refractivity contribution in [2.24, 2.45) is 11.8 Å². The molecule has 126 valence electrons. The first-order valence-corrected chi connectivity index (χ1v) is 8.75. The van der Waals surface area contributed by atoms with Gasteiger partial charge in [-0.25, -0.2) is 4.98 Å². The summed E-state index contributed by atoms with van der Waals surface area (Å²) in [5.41, 5.74) is 0.680. The molecule has 3 rings (SSSR count). The van der Waals surface area contributed by atoms with Gasteiger partial charge in [0.2, 0.25) is 0 Å². The van der Waals surface area contributed by atoms with Crippen LogP contribution in [0.2, 0.25) is 0 Å². The fourth-order valence-corrected chi connectivity index (χ4v) is 3.63. The molecule has 3 atom stereocenters. The van der Waals surface area contributed by atoms with E-state index in [1.54, 1.807) is 6.20 Å². The Morgan fingerprint density at radius 1 is 1.30 bits per heavy atom. The van der Waals surface area contributed by atoms with Crippen molar-refractivity contribution in [3.05, 3.63) is 23.9 Å². The lowest BCUT2D eigenvalue weighted by molar-refractivity contribution is 0.0889. The standard InChI is InChI=1S/C18H27N3O2/c1-13-5-3-7-16(14(13)2)20-18(22)15-6-4-8-19-17(15)21-9-11-23-12-10-21/h4,6,8,13-14,16H,3,5,7,9-12H2,1-2H3,(H,20,22)/t13-,14-,16+/m1/s1. The molecule has 1 amide bonds. The summed E-state index contributed by atoms with van der Waals surface area (Å²) in [6.45, 7) is 7.49. The minimum absolute atomic E-state index is 0.00513. The van der Waals surface area contributed by atoms with Gasteiger partial charge in [0.05, 0.1) is 18.8 Å². The van der Waals surface area contributed by atoms with Crippen LogP contribution in [0.5, 0.6) is 0 Å². The number of hydrogen-bond acceptors (Lipinski definition) is 4. The van der Waals surface area contributed by atoms with Crippen LogP contribution in [0.15, 0.2) is 18.3 Å². The molecule has 0 spiro atoms. The molecule has 5 nitrogen and oxygen atoms in total. The average Bonchev–Trinajstić information content (AvgIpc) is 2.60. The van der Waals surface area contributed by atoms with Crippen molar-refractivity contribution in [2.45, 2.75) is 39.2 Å². The molecule has 0 unspecified atom stereocenters. The molecule has 0 bridgehead atoms. The Morgan fingerprint density at radius 2 is 2.09 bits per heavy atom. The lowest BCUT2D eigenvalue weighted by Crippen LogP contribution is -2.44.